The van der Waals surface area contributed by atoms with E-state index in [1.807, 2.05) is 0 Å². The van der Waals surface area contributed by atoms with Crippen LogP contribution in [0.3, 0.4) is 0 Å². The summed E-state index contributed by atoms with van der Waals surface area (Å²) in [6, 6.07) is -0.357. The number of aliphatic hydroxyl groups excluding tert-OH is 3. The molecule has 2 fully saturated rings. The first-order chi connectivity index (χ1) is 19.2. The summed E-state index contributed by atoms with van der Waals surface area (Å²) in [6.07, 6.45) is -0.467. The number of nitrogens with two attached hydrogens (primary N) is 1. The Morgan fingerprint density at radius 2 is 1.93 bits per heavy atom. The summed E-state index contributed by atoms with van der Waals surface area (Å²) in [6.45, 7) is 0.604. The maximum atomic E-state index is 15.4. The number of benzene rings is 1. The second-order valence-electron chi connectivity index (χ2n) is 11.3. The first-order valence-electron chi connectivity index (χ1n) is 13.1. The summed E-state index contributed by atoms with van der Waals surface area (Å²) < 4.78 is 15.4. The Kier molecular flexibility index (Phi) is 6.93. The van der Waals surface area contributed by atoms with E-state index < -0.39 is 92.8 Å². The first-order valence-corrected chi connectivity index (χ1v) is 13.1. The largest absolute Gasteiger partial charge is 0.508 e. The van der Waals surface area contributed by atoms with Crippen molar-refractivity contribution in [3.63, 3.8) is 0 Å². The van der Waals surface area contributed by atoms with Crippen molar-refractivity contribution in [2.24, 2.45) is 17.6 Å². The van der Waals surface area contributed by atoms with Gasteiger partial charge in [0.2, 0.25) is 11.7 Å². The molecule has 220 valence electrons. The van der Waals surface area contributed by atoms with Crippen molar-refractivity contribution in [3.8, 4) is 5.75 Å². The molecular weight excluding hydrogens is 543 g/mol. The third-order valence-corrected chi connectivity index (χ3v) is 8.56. The highest BCUT2D eigenvalue weighted by molar-refractivity contribution is 6.24. The molecule has 0 unspecified atom stereocenters. The Bertz CT molecular complexity index is 1450. The normalized spacial score (nSPS) is 29.9. The minimum atomic E-state index is -2.81. The van der Waals surface area contributed by atoms with Crippen molar-refractivity contribution in [2.45, 2.75) is 37.0 Å². The van der Waals surface area contributed by atoms with Gasteiger partial charge < -0.3 is 36.6 Å². The zero-order valence-corrected chi connectivity index (χ0v) is 22.3. The van der Waals surface area contributed by atoms with Crippen molar-refractivity contribution in [3.05, 3.63) is 39.9 Å². The number of hydrogen-bond acceptors (Lipinski definition) is 11. The Morgan fingerprint density at radius 3 is 2.51 bits per heavy atom. The zero-order valence-electron chi connectivity index (χ0n) is 22.3. The minimum absolute atomic E-state index is 0.142. The molecule has 13 nitrogen and oxygen atoms in total. The lowest BCUT2D eigenvalue weighted by atomic mass is 9.57. The number of nitrogens with one attached hydrogen (secondary N) is 1. The number of aliphatic hydroxyl groups is 4. The standard InChI is InChI=1S/C27H31FN4O9/c1-31(2)20-13-6-10-5-12-14(28)7-15(30-16(34)9-32-4-3-11(33)8-32)21(35)18(12)22(36)17(10)24(38)27(13,41)25(39)19(23(20)37)26(29)40/h7,10-11,13,20,33,35-36,39,41H,3-6,8-9H2,1-2H3,(H2,29,40)(H,30,34)/t10-,11-,13-,20-,27-/m0/s1. The number of amides is 2. The molecule has 5 atom stereocenters. The molecule has 8 N–H and O–H groups in total. The number of rotatable bonds is 5. The van der Waals surface area contributed by atoms with Crippen LogP contribution in [0.25, 0.3) is 5.76 Å². The van der Waals surface area contributed by atoms with Gasteiger partial charge in [-0.05, 0) is 39.3 Å². The summed E-state index contributed by atoms with van der Waals surface area (Å²) in [5.41, 5.74) is 0.149. The summed E-state index contributed by atoms with van der Waals surface area (Å²) in [4.78, 5) is 54.6. The maximum absolute atomic E-state index is 15.4. The van der Waals surface area contributed by atoms with Crippen molar-refractivity contribution in [2.75, 3.05) is 39.0 Å². The van der Waals surface area contributed by atoms with Gasteiger partial charge in [0.05, 0.1) is 29.9 Å². The Balaban J connectivity index is 1.57. The third-order valence-electron chi connectivity index (χ3n) is 8.56. The van der Waals surface area contributed by atoms with E-state index in [1.54, 1.807) is 4.90 Å². The van der Waals surface area contributed by atoms with E-state index >= 15 is 4.39 Å². The van der Waals surface area contributed by atoms with Crippen molar-refractivity contribution >= 4 is 34.8 Å². The topological polar surface area (TPSA) is 214 Å². The molecule has 5 rings (SSSR count). The van der Waals surface area contributed by atoms with Gasteiger partial charge >= 0.3 is 0 Å². The fourth-order valence-electron chi connectivity index (χ4n) is 6.71. The van der Waals surface area contributed by atoms with Crippen LogP contribution in [-0.4, -0.2) is 110 Å². The molecule has 1 aromatic carbocycles. The summed E-state index contributed by atoms with van der Waals surface area (Å²) in [5, 5.41) is 56.8. The zero-order chi connectivity index (χ0) is 30.1. The molecule has 1 heterocycles. The number of likely N-dealkylation sites (tertiary alicyclic amines) is 1. The number of Topliss-reactive ketones (excluding diaryl/α,β-unsaturated/α-hetero) is 2. The van der Waals surface area contributed by atoms with Crippen LogP contribution >= 0.6 is 0 Å². The van der Waals surface area contributed by atoms with E-state index in [4.69, 9.17) is 5.73 Å². The molecule has 0 spiro atoms. The highest BCUT2D eigenvalue weighted by atomic mass is 19.1. The lowest BCUT2D eigenvalue weighted by Gasteiger charge is -2.50. The van der Waals surface area contributed by atoms with Gasteiger partial charge in [-0.25, -0.2) is 4.39 Å². The lowest BCUT2D eigenvalue weighted by molar-refractivity contribution is -0.153. The molecule has 0 bridgehead atoms. The van der Waals surface area contributed by atoms with Gasteiger partial charge in [-0.15, -0.1) is 0 Å². The minimum Gasteiger partial charge on any atom is -0.508 e. The number of hydrogen-bond donors (Lipinski definition) is 7. The molecule has 1 aliphatic heterocycles. The number of β-amino-alcohol motifs (C(OH)–C–C–N with tert-alkyl or cyclic N) is 1. The molecule has 3 aliphatic carbocycles. The number of primary amides is 1. The first kappa shape index (κ1) is 28.7. The van der Waals surface area contributed by atoms with Crippen LogP contribution in [0.15, 0.2) is 23.0 Å². The molecule has 1 aromatic rings. The van der Waals surface area contributed by atoms with E-state index in [1.165, 1.54) is 19.0 Å². The number of carbonyl (C=O) groups excluding carboxylic acids is 4. The number of likely N-dealkylation sites (N-methyl/N-ethyl adjacent to an activating group) is 1. The predicted molar refractivity (Wildman–Crippen MR) is 140 cm³/mol. The van der Waals surface area contributed by atoms with Gasteiger partial charge in [0, 0.05) is 36.2 Å². The summed E-state index contributed by atoms with van der Waals surface area (Å²) >= 11 is 0. The fraction of sp³-hybridized carbons (Fsp3) is 0.481. The highest BCUT2D eigenvalue weighted by Gasteiger charge is 2.64. The van der Waals surface area contributed by atoms with E-state index in [9.17, 15) is 44.7 Å². The molecule has 4 aliphatic rings. The van der Waals surface area contributed by atoms with Gasteiger partial charge in [-0.2, -0.15) is 0 Å². The fourth-order valence-corrected chi connectivity index (χ4v) is 6.71. The molecule has 41 heavy (non-hydrogen) atoms. The number of halogens is 1. The molecule has 1 saturated carbocycles. The number of fused-ring (bicyclic) bond motifs is 3. The smallest absolute Gasteiger partial charge is 0.255 e. The van der Waals surface area contributed by atoms with Crippen molar-refractivity contribution in [1.29, 1.82) is 0 Å². The van der Waals surface area contributed by atoms with Gasteiger partial charge in [-0.1, -0.05) is 0 Å². The molecular formula is C27H31FN4O9. The second-order valence-corrected chi connectivity index (χ2v) is 11.3. The summed E-state index contributed by atoms with van der Waals surface area (Å²) in [5.74, 6) is -9.96. The van der Waals surface area contributed by atoms with Crippen LogP contribution in [0.4, 0.5) is 10.1 Å². The summed E-state index contributed by atoms with van der Waals surface area (Å²) in [7, 11) is 2.96. The maximum Gasteiger partial charge on any atom is 0.255 e. The van der Waals surface area contributed by atoms with Crippen molar-refractivity contribution < 1.29 is 49.1 Å². The van der Waals surface area contributed by atoms with Crippen LogP contribution in [0.2, 0.25) is 0 Å². The van der Waals surface area contributed by atoms with Crippen LogP contribution < -0.4 is 11.1 Å². The van der Waals surface area contributed by atoms with Crippen LogP contribution in [0, 0.1) is 17.7 Å². The number of ketones is 2. The van der Waals surface area contributed by atoms with Gasteiger partial charge in [0.15, 0.2) is 17.1 Å². The number of aromatic hydroxyl groups is 1. The quantitative estimate of drug-likeness (QED) is 0.169. The Labute approximate surface area is 233 Å². The Hall–Kier alpha value is -3.85. The van der Waals surface area contributed by atoms with Crippen LogP contribution in [0.5, 0.6) is 5.75 Å². The number of nitrogens with zero attached hydrogens (tertiary/aromatic N) is 2. The average molecular weight is 575 g/mol. The third kappa shape index (κ3) is 4.29. The monoisotopic (exact) mass is 574 g/mol. The van der Waals surface area contributed by atoms with Crippen molar-refractivity contribution in [1.82, 2.24) is 9.80 Å². The Morgan fingerprint density at radius 1 is 1.24 bits per heavy atom. The van der Waals surface area contributed by atoms with E-state index in [2.05, 4.69) is 5.32 Å². The van der Waals surface area contributed by atoms with Gasteiger partial charge in [0.25, 0.3) is 5.91 Å². The van der Waals surface area contributed by atoms with E-state index in [-0.39, 0.29) is 37.2 Å². The van der Waals surface area contributed by atoms with Gasteiger partial charge in [-0.3, -0.25) is 29.0 Å². The average Bonchev–Trinajstić information content (AvgIpc) is 3.28. The second kappa shape index (κ2) is 9.91. The molecule has 14 heteroatoms. The van der Waals surface area contributed by atoms with Gasteiger partial charge in [0.1, 0.15) is 22.9 Å². The molecule has 0 aromatic heterocycles. The molecule has 1 saturated heterocycles. The number of anilines is 1. The lowest BCUT2D eigenvalue weighted by Crippen LogP contribution is -2.65. The molecule has 2 amide bonds. The van der Waals surface area contributed by atoms with E-state index in [0.717, 1.165) is 6.07 Å². The van der Waals surface area contributed by atoms with Crippen LogP contribution in [0.1, 0.15) is 24.0 Å². The van der Waals surface area contributed by atoms with Crippen LogP contribution in [-0.2, 0) is 25.6 Å². The van der Waals surface area contributed by atoms with E-state index in [0.29, 0.717) is 13.0 Å². The number of carbonyl (C=O) groups is 4. The number of phenolic OH excluding ortho intramolecular Hbond substituents is 1. The predicted octanol–water partition coefficient (Wildman–Crippen LogP) is -0.892. The SMILES string of the molecule is CN(C)[C@@H]1C(=O)C(C(N)=O)=C(O)[C@@]2(O)C(=O)C3=C(O)c4c(O)c(NC(=O)CN5CC[C@H](O)C5)cc(F)c4C[C@H]3C[C@@H]12. The number of phenols is 1. The highest BCUT2D eigenvalue weighted by Crippen LogP contribution is 2.53. The molecule has 0 radical (unpaired) electrons.